The summed E-state index contributed by atoms with van der Waals surface area (Å²) in [5.74, 6) is 0.907. The molecule has 2 aromatic rings. The van der Waals surface area contributed by atoms with Gasteiger partial charge < -0.3 is 9.64 Å². The highest BCUT2D eigenvalue weighted by molar-refractivity contribution is 7.91. The molecule has 1 aliphatic heterocycles. The van der Waals surface area contributed by atoms with E-state index in [0.717, 1.165) is 11.3 Å². The van der Waals surface area contributed by atoms with Gasteiger partial charge in [0, 0.05) is 18.2 Å². The number of carbonyl (C=O) groups is 1. The van der Waals surface area contributed by atoms with Gasteiger partial charge in [0.2, 0.25) is 0 Å². The van der Waals surface area contributed by atoms with Crippen molar-refractivity contribution in [2.24, 2.45) is 0 Å². The fourth-order valence-electron chi connectivity index (χ4n) is 3.18. The number of carbonyl (C=O) groups excluding carboxylic acids is 1. The summed E-state index contributed by atoms with van der Waals surface area (Å²) in [5.41, 5.74) is 1.54. The number of sulfone groups is 1. The third-order valence-corrected chi connectivity index (χ3v) is 6.35. The van der Waals surface area contributed by atoms with E-state index in [1.54, 1.807) is 17.0 Å². The van der Waals surface area contributed by atoms with Gasteiger partial charge >= 0.3 is 0 Å². The number of rotatable bonds is 6. The number of benzene rings is 2. The number of nitrogens with zero attached hydrogens (tertiary/aromatic N) is 1. The average Bonchev–Trinajstić information content (AvgIpc) is 3.01. The summed E-state index contributed by atoms with van der Waals surface area (Å²) >= 11 is 0. The van der Waals surface area contributed by atoms with Crippen LogP contribution in [0.4, 0.5) is 0 Å². The van der Waals surface area contributed by atoms with Crippen LogP contribution in [0.25, 0.3) is 0 Å². The molecule has 138 valence electrons. The molecule has 1 fully saturated rings. The van der Waals surface area contributed by atoms with Gasteiger partial charge in [-0.3, -0.25) is 4.79 Å². The molecule has 0 spiro atoms. The normalized spacial score (nSPS) is 18.4. The molecule has 2 aromatic carbocycles. The molecule has 1 heterocycles. The quantitative estimate of drug-likeness (QED) is 0.781. The zero-order valence-electron chi connectivity index (χ0n) is 14.8. The summed E-state index contributed by atoms with van der Waals surface area (Å²) in [6, 6.07) is 16.6. The van der Waals surface area contributed by atoms with Crippen LogP contribution in [-0.4, -0.2) is 43.3 Å². The van der Waals surface area contributed by atoms with Crippen LogP contribution in [0.1, 0.15) is 29.3 Å². The highest BCUT2D eigenvalue weighted by Crippen LogP contribution is 2.20. The highest BCUT2D eigenvalue weighted by Gasteiger charge is 2.34. The molecule has 0 saturated carbocycles. The van der Waals surface area contributed by atoms with Gasteiger partial charge in [-0.2, -0.15) is 0 Å². The minimum Gasteiger partial charge on any atom is -0.489 e. The Kier molecular flexibility index (Phi) is 5.61. The first-order valence-corrected chi connectivity index (χ1v) is 10.6. The van der Waals surface area contributed by atoms with E-state index in [1.165, 1.54) is 0 Å². The molecule has 0 N–H and O–H groups in total. The highest BCUT2D eigenvalue weighted by atomic mass is 32.2. The van der Waals surface area contributed by atoms with Crippen LogP contribution in [0.5, 0.6) is 5.75 Å². The first kappa shape index (κ1) is 18.5. The van der Waals surface area contributed by atoms with Gasteiger partial charge in [-0.05, 0) is 43.2 Å². The number of amides is 1. The van der Waals surface area contributed by atoms with Crippen molar-refractivity contribution in [3.05, 3.63) is 65.7 Å². The maximum atomic E-state index is 12.8. The van der Waals surface area contributed by atoms with Crippen molar-refractivity contribution >= 4 is 15.7 Å². The number of hydrogen-bond acceptors (Lipinski definition) is 4. The number of ether oxygens (including phenoxy) is 1. The van der Waals surface area contributed by atoms with Crippen molar-refractivity contribution in [2.75, 3.05) is 18.1 Å². The van der Waals surface area contributed by atoms with Crippen LogP contribution in [0.2, 0.25) is 0 Å². The summed E-state index contributed by atoms with van der Waals surface area (Å²) in [6.45, 7) is 2.81. The summed E-state index contributed by atoms with van der Waals surface area (Å²) in [4.78, 5) is 14.4. The van der Waals surface area contributed by atoms with E-state index in [9.17, 15) is 13.2 Å². The fourth-order valence-corrected chi connectivity index (χ4v) is 4.91. The van der Waals surface area contributed by atoms with Crippen molar-refractivity contribution in [3.8, 4) is 5.75 Å². The lowest BCUT2D eigenvalue weighted by Crippen LogP contribution is -2.40. The second-order valence-electron chi connectivity index (χ2n) is 6.45. The summed E-state index contributed by atoms with van der Waals surface area (Å²) in [6.07, 6.45) is 0.519. The molecule has 0 radical (unpaired) electrons. The maximum absolute atomic E-state index is 12.8. The van der Waals surface area contributed by atoms with Gasteiger partial charge in [0.05, 0.1) is 11.5 Å². The first-order valence-electron chi connectivity index (χ1n) is 8.76. The van der Waals surface area contributed by atoms with Crippen LogP contribution in [-0.2, 0) is 16.4 Å². The van der Waals surface area contributed by atoms with Gasteiger partial charge in [-0.15, -0.1) is 0 Å². The van der Waals surface area contributed by atoms with Crippen LogP contribution in [0.15, 0.2) is 54.6 Å². The lowest BCUT2D eigenvalue weighted by Gasteiger charge is -2.27. The Morgan fingerprint density at radius 1 is 1.12 bits per heavy atom. The standard InChI is InChI=1S/C20H23NO4S/c1-2-21(18-12-13-26(23,24)15-18)20(22)17-10-8-16(9-11-17)14-25-19-6-4-3-5-7-19/h3-11,18H,2,12-15H2,1H3/t18-/m1/s1. The molecule has 6 heteroatoms. The van der Waals surface area contributed by atoms with Crippen molar-refractivity contribution in [2.45, 2.75) is 26.0 Å². The van der Waals surface area contributed by atoms with Gasteiger partial charge in [0.25, 0.3) is 5.91 Å². The van der Waals surface area contributed by atoms with E-state index in [4.69, 9.17) is 4.74 Å². The monoisotopic (exact) mass is 373 g/mol. The van der Waals surface area contributed by atoms with Gasteiger partial charge in [0.15, 0.2) is 9.84 Å². The fraction of sp³-hybridized carbons (Fsp3) is 0.350. The van der Waals surface area contributed by atoms with Crippen molar-refractivity contribution in [3.63, 3.8) is 0 Å². The van der Waals surface area contributed by atoms with E-state index in [-0.39, 0.29) is 23.5 Å². The molecule has 26 heavy (non-hydrogen) atoms. The number of hydrogen-bond donors (Lipinski definition) is 0. The van der Waals surface area contributed by atoms with Gasteiger partial charge in [-0.1, -0.05) is 30.3 Å². The zero-order chi connectivity index (χ0) is 18.6. The Bertz CT molecular complexity index is 847. The Labute approximate surface area is 154 Å². The molecule has 1 atom stereocenters. The zero-order valence-corrected chi connectivity index (χ0v) is 15.6. The van der Waals surface area contributed by atoms with Crippen LogP contribution < -0.4 is 4.74 Å². The van der Waals surface area contributed by atoms with Crippen LogP contribution in [0, 0.1) is 0 Å². The lowest BCUT2D eigenvalue weighted by atomic mass is 10.1. The summed E-state index contributed by atoms with van der Waals surface area (Å²) < 4.78 is 29.1. The SMILES string of the molecule is CCN(C(=O)c1ccc(COc2ccccc2)cc1)[C@@H]1CCS(=O)(=O)C1. The molecule has 5 nitrogen and oxygen atoms in total. The van der Waals surface area contributed by atoms with Crippen LogP contribution >= 0.6 is 0 Å². The van der Waals surface area contributed by atoms with E-state index in [1.807, 2.05) is 49.4 Å². The smallest absolute Gasteiger partial charge is 0.254 e. The molecule has 1 saturated heterocycles. The summed E-state index contributed by atoms with van der Waals surface area (Å²) in [7, 11) is -3.02. The lowest BCUT2D eigenvalue weighted by molar-refractivity contribution is 0.0708. The van der Waals surface area contributed by atoms with Crippen molar-refractivity contribution < 1.29 is 17.9 Å². The average molecular weight is 373 g/mol. The van der Waals surface area contributed by atoms with Crippen LogP contribution in [0.3, 0.4) is 0 Å². The second kappa shape index (κ2) is 7.91. The molecule has 0 bridgehead atoms. The van der Waals surface area contributed by atoms with E-state index < -0.39 is 9.84 Å². The Morgan fingerprint density at radius 3 is 2.38 bits per heavy atom. The minimum absolute atomic E-state index is 0.0651. The molecular formula is C20H23NO4S. The topological polar surface area (TPSA) is 63.7 Å². The van der Waals surface area contributed by atoms with Crippen molar-refractivity contribution in [1.29, 1.82) is 0 Å². The molecular weight excluding hydrogens is 350 g/mol. The predicted octanol–water partition coefficient (Wildman–Crippen LogP) is 2.91. The molecule has 1 aliphatic rings. The Hall–Kier alpha value is -2.34. The molecule has 1 amide bonds. The van der Waals surface area contributed by atoms with Gasteiger partial charge in [-0.25, -0.2) is 8.42 Å². The molecule has 0 aromatic heterocycles. The minimum atomic E-state index is -3.02. The number of para-hydroxylation sites is 1. The first-order chi connectivity index (χ1) is 12.5. The maximum Gasteiger partial charge on any atom is 0.254 e. The third kappa shape index (κ3) is 4.43. The van der Waals surface area contributed by atoms with E-state index in [2.05, 4.69) is 0 Å². The Morgan fingerprint density at radius 2 is 1.81 bits per heavy atom. The predicted molar refractivity (Wildman–Crippen MR) is 101 cm³/mol. The van der Waals surface area contributed by atoms with Crippen molar-refractivity contribution in [1.82, 2.24) is 4.90 Å². The third-order valence-electron chi connectivity index (χ3n) is 4.60. The van der Waals surface area contributed by atoms with Gasteiger partial charge in [0.1, 0.15) is 12.4 Å². The second-order valence-corrected chi connectivity index (χ2v) is 8.68. The van der Waals surface area contributed by atoms with E-state index >= 15 is 0 Å². The molecule has 0 unspecified atom stereocenters. The Balaban J connectivity index is 1.64. The van der Waals surface area contributed by atoms with E-state index in [0.29, 0.717) is 25.1 Å². The molecule has 3 rings (SSSR count). The summed E-state index contributed by atoms with van der Waals surface area (Å²) in [5, 5.41) is 0. The molecule has 0 aliphatic carbocycles. The largest absolute Gasteiger partial charge is 0.489 e.